The normalized spacial score (nSPS) is 34.9. The van der Waals surface area contributed by atoms with Gasteiger partial charge in [-0.05, 0) is 75.1 Å². The van der Waals surface area contributed by atoms with E-state index in [1.807, 2.05) is 0 Å². The van der Waals surface area contributed by atoms with E-state index in [0.29, 0.717) is 11.8 Å². The molecule has 154 valence electrons. The topological polar surface area (TPSA) is 26.7 Å². The molecule has 3 nitrogen and oxygen atoms in total. The highest BCUT2D eigenvalue weighted by atomic mass is 16.3. The average molecular weight is 383 g/mol. The molecular formula is C25H38N2O. The summed E-state index contributed by atoms with van der Waals surface area (Å²) in [6.45, 7) is 6.08. The molecule has 2 aliphatic carbocycles. The molecule has 2 saturated carbocycles. The van der Waals surface area contributed by atoms with E-state index in [-0.39, 0.29) is 0 Å². The number of nitrogens with zero attached hydrogens (tertiary/aromatic N) is 2. The number of fused-ring (bicyclic) bond motifs is 1. The average Bonchev–Trinajstić information content (AvgIpc) is 3.47. The Morgan fingerprint density at radius 1 is 0.893 bits per heavy atom. The quantitative estimate of drug-likeness (QED) is 0.827. The van der Waals surface area contributed by atoms with E-state index < -0.39 is 5.60 Å². The number of hydrogen-bond donors (Lipinski definition) is 1. The Kier molecular flexibility index (Phi) is 5.51. The summed E-state index contributed by atoms with van der Waals surface area (Å²) < 4.78 is 0. The van der Waals surface area contributed by atoms with E-state index in [4.69, 9.17) is 0 Å². The lowest BCUT2D eigenvalue weighted by atomic mass is 9.82. The zero-order valence-corrected chi connectivity index (χ0v) is 17.5. The summed E-state index contributed by atoms with van der Waals surface area (Å²) in [4.78, 5) is 5.32. The first-order valence-corrected chi connectivity index (χ1v) is 12.0. The van der Waals surface area contributed by atoms with E-state index in [1.165, 1.54) is 88.7 Å². The van der Waals surface area contributed by atoms with Crippen LogP contribution in [0.5, 0.6) is 0 Å². The Labute approximate surface area is 171 Å². The monoisotopic (exact) mass is 382 g/mol. The molecule has 1 aromatic rings. The van der Waals surface area contributed by atoms with Crippen LogP contribution in [0, 0.1) is 11.8 Å². The van der Waals surface area contributed by atoms with Gasteiger partial charge < -0.3 is 10.0 Å². The molecule has 4 fully saturated rings. The van der Waals surface area contributed by atoms with Crippen molar-refractivity contribution in [2.24, 2.45) is 11.8 Å². The molecule has 0 aromatic heterocycles. The second kappa shape index (κ2) is 8.08. The second-order valence-electron chi connectivity index (χ2n) is 10.1. The molecule has 2 saturated heterocycles. The van der Waals surface area contributed by atoms with Crippen LogP contribution in [-0.4, -0.2) is 53.7 Å². The summed E-state index contributed by atoms with van der Waals surface area (Å²) >= 11 is 0. The van der Waals surface area contributed by atoms with Crippen LogP contribution in [0.4, 0.5) is 0 Å². The molecule has 0 spiro atoms. The SMILES string of the molecule is OC1(c2ccc(CCN3CCCC3)cc2)CCC2CN(C3CCCCC3)CC21. The van der Waals surface area contributed by atoms with Crippen LogP contribution in [0.2, 0.25) is 0 Å². The van der Waals surface area contributed by atoms with Gasteiger partial charge in [0.15, 0.2) is 0 Å². The first kappa shape index (κ1) is 19.1. The highest BCUT2D eigenvalue weighted by molar-refractivity contribution is 5.30. The Bertz CT molecular complexity index is 647. The number of benzene rings is 1. The lowest BCUT2D eigenvalue weighted by Gasteiger charge is -2.34. The highest BCUT2D eigenvalue weighted by Gasteiger charge is 2.53. The van der Waals surface area contributed by atoms with Gasteiger partial charge in [-0.15, -0.1) is 0 Å². The molecule has 1 N–H and O–H groups in total. The van der Waals surface area contributed by atoms with Gasteiger partial charge >= 0.3 is 0 Å². The zero-order valence-electron chi connectivity index (χ0n) is 17.5. The Morgan fingerprint density at radius 2 is 1.64 bits per heavy atom. The van der Waals surface area contributed by atoms with Gasteiger partial charge in [-0.2, -0.15) is 0 Å². The summed E-state index contributed by atoms with van der Waals surface area (Å²) in [5.74, 6) is 1.13. The van der Waals surface area contributed by atoms with Crippen molar-refractivity contribution < 1.29 is 5.11 Å². The maximum absolute atomic E-state index is 11.7. The molecule has 2 aliphatic heterocycles. The molecule has 28 heavy (non-hydrogen) atoms. The minimum Gasteiger partial charge on any atom is -0.385 e. The third-order valence-corrected chi connectivity index (χ3v) is 8.44. The smallest absolute Gasteiger partial charge is 0.0940 e. The molecule has 4 aliphatic rings. The minimum atomic E-state index is -0.596. The lowest BCUT2D eigenvalue weighted by Crippen LogP contribution is -2.39. The summed E-state index contributed by atoms with van der Waals surface area (Å²) in [7, 11) is 0. The van der Waals surface area contributed by atoms with Crippen molar-refractivity contribution in [1.82, 2.24) is 9.80 Å². The minimum absolute atomic E-state index is 0.435. The predicted molar refractivity (Wildman–Crippen MR) is 114 cm³/mol. The molecule has 0 radical (unpaired) electrons. The summed E-state index contributed by atoms with van der Waals surface area (Å²) in [6, 6.07) is 9.84. The molecule has 0 bridgehead atoms. The Hall–Kier alpha value is -0.900. The second-order valence-corrected chi connectivity index (χ2v) is 10.1. The fourth-order valence-corrected chi connectivity index (χ4v) is 6.69. The van der Waals surface area contributed by atoms with Gasteiger partial charge in [0.05, 0.1) is 5.60 Å². The van der Waals surface area contributed by atoms with E-state index in [9.17, 15) is 5.11 Å². The first-order valence-electron chi connectivity index (χ1n) is 12.0. The molecule has 3 atom stereocenters. The zero-order chi connectivity index (χ0) is 19.0. The van der Waals surface area contributed by atoms with Gasteiger partial charge in [-0.3, -0.25) is 4.90 Å². The third kappa shape index (κ3) is 3.66. The third-order valence-electron chi connectivity index (χ3n) is 8.44. The largest absolute Gasteiger partial charge is 0.385 e. The van der Waals surface area contributed by atoms with Gasteiger partial charge in [-0.1, -0.05) is 43.5 Å². The van der Waals surface area contributed by atoms with E-state index in [0.717, 1.165) is 25.4 Å². The van der Waals surface area contributed by atoms with Crippen LogP contribution >= 0.6 is 0 Å². The van der Waals surface area contributed by atoms with Crippen LogP contribution in [0.15, 0.2) is 24.3 Å². The Balaban J connectivity index is 1.23. The number of likely N-dealkylation sites (tertiary alicyclic amines) is 2. The lowest BCUT2D eigenvalue weighted by molar-refractivity contribution is -0.00913. The van der Waals surface area contributed by atoms with Gasteiger partial charge in [0.25, 0.3) is 0 Å². The first-order chi connectivity index (χ1) is 13.7. The van der Waals surface area contributed by atoms with Gasteiger partial charge in [0.2, 0.25) is 0 Å². The number of rotatable bonds is 5. The van der Waals surface area contributed by atoms with E-state index >= 15 is 0 Å². The van der Waals surface area contributed by atoms with Gasteiger partial charge in [-0.25, -0.2) is 0 Å². The molecule has 5 rings (SSSR count). The van der Waals surface area contributed by atoms with Crippen LogP contribution in [0.25, 0.3) is 0 Å². The van der Waals surface area contributed by atoms with Crippen LogP contribution in [0.3, 0.4) is 0 Å². The van der Waals surface area contributed by atoms with Crippen molar-refractivity contribution in [2.45, 2.75) is 75.9 Å². The maximum Gasteiger partial charge on any atom is 0.0940 e. The predicted octanol–water partition coefficient (Wildman–Crippen LogP) is 4.19. The maximum atomic E-state index is 11.7. The fourth-order valence-electron chi connectivity index (χ4n) is 6.69. The van der Waals surface area contributed by atoms with Crippen molar-refractivity contribution >= 4 is 0 Å². The van der Waals surface area contributed by atoms with Crippen LogP contribution in [-0.2, 0) is 12.0 Å². The van der Waals surface area contributed by atoms with Crippen molar-refractivity contribution in [3.05, 3.63) is 35.4 Å². The van der Waals surface area contributed by atoms with E-state index in [2.05, 4.69) is 34.1 Å². The number of aliphatic hydroxyl groups is 1. The van der Waals surface area contributed by atoms with Crippen LogP contribution < -0.4 is 0 Å². The van der Waals surface area contributed by atoms with Gasteiger partial charge in [0.1, 0.15) is 0 Å². The van der Waals surface area contributed by atoms with Crippen LogP contribution in [0.1, 0.15) is 68.9 Å². The van der Waals surface area contributed by atoms with Crippen molar-refractivity contribution in [3.63, 3.8) is 0 Å². The number of hydrogen-bond acceptors (Lipinski definition) is 3. The summed E-state index contributed by atoms with van der Waals surface area (Å²) in [5.41, 5.74) is 2.00. The van der Waals surface area contributed by atoms with Gasteiger partial charge in [0, 0.05) is 31.6 Å². The standard InChI is InChI=1S/C25H38N2O/c28-25(22-10-8-20(9-11-22)13-17-26-15-4-5-16-26)14-12-21-18-27(19-24(21)25)23-6-2-1-3-7-23/h8-11,21,23-24,28H,1-7,12-19H2. The van der Waals surface area contributed by atoms with Crippen molar-refractivity contribution in [3.8, 4) is 0 Å². The van der Waals surface area contributed by atoms with Crippen molar-refractivity contribution in [1.29, 1.82) is 0 Å². The summed E-state index contributed by atoms with van der Waals surface area (Å²) in [5, 5.41) is 11.7. The van der Waals surface area contributed by atoms with Crippen molar-refractivity contribution in [2.75, 3.05) is 32.7 Å². The molecule has 2 heterocycles. The molecule has 0 amide bonds. The molecule has 3 unspecified atom stereocenters. The Morgan fingerprint density at radius 3 is 2.39 bits per heavy atom. The summed E-state index contributed by atoms with van der Waals surface area (Å²) in [6.07, 6.45) is 13.0. The molecule has 3 heteroatoms. The fraction of sp³-hybridized carbons (Fsp3) is 0.760. The highest BCUT2D eigenvalue weighted by Crippen LogP contribution is 2.51. The van der Waals surface area contributed by atoms with E-state index in [1.54, 1.807) is 0 Å². The molecule has 1 aromatic carbocycles. The molecular weight excluding hydrogens is 344 g/mol.